The molecule has 0 aliphatic rings. The van der Waals surface area contributed by atoms with Crippen LogP contribution in [-0.4, -0.2) is 22.6 Å². The molecular weight excluding hydrogens is 435 g/mol. The van der Waals surface area contributed by atoms with E-state index in [1.54, 1.807) is 24.3 Å². The van der Waals surface area contributed by atoms with Gasteiger partial charge in [0.2, 0.25) is 0 Å². The summed E-state index contributed by atoms with van der Waals surface area (Å²) >= 11 is 18.4. The van der Waals surface area contributed by atoms with E-state index < -0.39 is 0 Å². The number of halogens is 3. The molecule has 0 radical (unpaired) electrons. The van der Waals surface area contributed by atoms with E-state index in [0.717, 1.165) is 12.0 Å². The van der Waals surface area contributed by atoms with Crippen LogP contribution in [0, 0.1) is 0 Å². The molecule has 2 aromatic carbocycles. The summed E-state index contributed by atoms with van der Waals surface area (Å²) in [6, 6.07) is 11.1. The summed E-state index contributed by atoms with van der Waals surface area (Å²) in [5, 5.41) is 7.15. The van der Waals surface area contributed by atoms with Crippen molar-refractivity contribution in [3.63, 3.8) is 0 Å². The second-order valence-corrected chi connectivity index (χ2v) is 7.58. The normalized spacial score (nSPS) is 10.8. The second-order valence-electron chi connectivity index (χ2n) is 6.33. The Hall–Kier alpha value is -2.34. The maximum absolute atomic E-state index is 13.1. The molecule has 3 rings (SSSR count). The molecule has 0 fully saturated rings. The van der Waals surface area contributed by atoms with Crippen LogP contribution in [0.3, 0.4) is 0 Å². The smallest absolute Gasteiger partial charge is 0.264 e. The van der Waals surface area contributed by atoms with E-state index in [1.807, 2.05) is 6.92 Å². The Bertz CT molecular complexity index is 1070. The first kappa shape index (κ1) is 21.4. The minimum absolute atomic E-state index is 0.183. The number of ether oxygens (including phenoxy) is 1. The third-order valence-electron chi connectivity index (χ3n) is 4.13. The molecule has 0 aliphatic carbocycles. The second kappa shape index (κ2) is 9.44. The third-order valence-corrected chi connectivity index (χ3v) is 4.94. The average molecular weight is 452 g/mol. The molecule has 3 aromatic rings. The topological polar surface area (TPSA) is 72.1 Å². The summed E-state index contributed by atoms with van der Waals surface area (Å²) in [7, 11) is 0. The number of carbonyl (C=O) groups excluding carboxylic acids is 1. The van der Waals surface area contributed by atoms with Crippen molar-refractivity contribution in [3.05, 3.63) is 90.3 Å². The molecule has 0 atom stereocenters. The molecule has 8 heteroatoms. The number of hydrogen-bond donors (Lipinski definition) is 1. The summed E-state index contributed by atoms with van der Waals surface area (Å²) < 4.78 is 5.81. The largest absolute Gasteiger partial charge is 0.493 e. The number of carbonyl (C=O) groups is 1. The highest BCUT2D eigenvalue weighted by Gasteiger charge is 2.19. The van der Waals surface area contributed by atoms with Crippen molar-refractivity contribution in [1.29, 1.82) is 0 Å². The summed E-state index contributed by atoms with van der Waals surface area (Å²) in [6.45, 7) is 2.54. The van der Waals surface area contributed by atoms with Crippen LogP contribution in [0.2, 0.25) is 15.1 Å². The number of hydrogen-bond acceptors (Lipinski definition) is 4. The number of nitrogens with one attached hydrogen (secondary N) is 1. The molecule has 0 spiro atoms. The number of aromatic nitrogens is 2. The number of benzene rings is 2. The third kappa shape index (κ3) is 5.18. The van der Waals surface area contributed by atoms with Crippen LogP contribution in [0.1, 0.15) is 40.5 Å². The molecule has 0 saturated heterocycles. The molecular formula is C21H17Cl3N2O3. The van der Waals surface area contributed by atoms with E-state index >= 15 is 0 Å². The van der Waals surface area contributed by atoms with Gasteiger partial charge in [0, 0.05) is 28.6 Å². The number of aromatic amines is 1. The number of nitrogens with zero attached hydrogens (tertiary/aromatic N) is 1. The van der Waals surface area contributed by atoms with Gasteiger partial charge in [-0.25, -0.2) is 5.10 Å². The Kier molecular flexibility index (Phi) is 6.96. The van der Waals surface area contributed by atoms with E-state index in [1.165, 1.54) is 18.2 Å². The van der Waals surface area contributed by atoms with E-state index in [0.29, 0.717) is 35.1 Å². The number of rotatable bonds is 7. The Morgan fingerprint density at radius 2 is 1.79 bits per heavy atom. The average Bonchev–Trinajstić information content (AvgIpc) is 2.68. The Morgan fingerprint density at radius 3 is 2.41 bits per heavy atom. The Balaban J connectivity index is 2.01. The lowest BCUT2D eigenvalue weighted by Gasteiger charge is -2.13. The van der Waals surface area contributed by atoms with Gasteiger partial charge in [-0.2, -0.15) is 5.10 Å². The van der Waals surface area contributed by atoms with Gasteiger partial charge in [0.25, 0.3) is 5.56 Å². The van der Waals surface area contributed by atoms with Crippen molar-refractivity contribution in [1.82, 2.24) is 10.2 Å². The first-order valence-electron chi connectivity index (χ1n) is 8.88. The highest BCUT2D eigenvalue weighted by atomic mass is 35.5. The molecule has 1 heterocycles. The van der Waals surface area contributed by atoms with Gasteiger partial charge < -0.3 is 4.74 Å². The van der Waals surface area contributed by atoms with Gasteiger partial charge in [0.15, 0.2) is 5.78 Å². The van der Waals surface area contributed by atoms with Crippen LogP contribution < -0.4 is 10.3 Å². The number of H-pyrrole nitrogens is 1. The van der Waals surface area contributed by atoms with Gasteiger partial charge in [0.05, 0.1) is 27.9 Å². The maximum Gasteiger partial charge on any atom is 0.264 e. The molecule has 0 unspecified atom stereocenters. The maximum atomic E-state index is 13.1. The standard InChI is InChI=1S/C21H17Cl3N2O3/c1-2-7-29-18-5-3-12(8-13(18)9-15-4-6-19(27)26-25-15)21(28)20-16(23)10-14(22)11-17(20)24/h3-6,8,10-11H,2,7,9H2,1H3,(H,26,27). The molecule has 0 saturated carbocycles. The van der Waals surface area contributed by atoms with Crippen LogP contribution in [-0.2, 0) is 6.42 Å². The predicted octanol–water partition coefficient (Wildman–Crippen LogP) is 5.34. The summed E-state index contributed by atoms with van der Waals surface area (Å²) in [5.41, 5.74) is 1.70. The molecule has 1 aromatic heterocycles. The monoisotopic (exact) mass is 450 g/mol. The summed E-state index contributed by atoms with van der Waals surface area (Å²) in [5.74, 6) is 0.319. The van der Waals surface area contributed by atoms with Crippen LogP contribution in [0.4, 0.5) is 0 Å². The first-order chi connectivity index (χ1) is 13.9. The quantitative estimate of drug-likeness (QED) is 0.492. The molecule has 0 amide bonds. The summed E-state index contributed by atoms with van der Waals surface area (Å²) in [4.78, 5) is 24.3. The van der Waals surface area contributed by atoms with E-state index in [9.17, 15) is 9.59 Å². The van der Waals surface area contributed by atoms with Crippen molar-refractivity contribution in [2.45, 2.75) is 19.8 Å². The molecule has 29 heavy (non-hydrogen) atoms. The summed E-state index contributed by atoms with van der Waals surface area (Å²) in [6.07, 6.45) is 1.21. The van der Waals surface area contributed by atoms with Gasteiger partial charge >= 0.3 is 0 Å². The van der Waals surface area contributed by atoms with E-state index in [2.05, 4.69) is 10.2 Å². The lowest BCUT2D eigenvalue weighted by atomic mass is 9.98. The highest BCUT2D eigenvalue weighted by molar-refractivity contribution is 6.43. The van der Waals surface area contributed by atoms with Crippen LogP contribution >= 0.6 is 34.8 Å². The first-order valence-corrected chi connectivity index (χ1v) is 10.0. The van der Waals surface area contributed by atoms with Crippen molar-refractivity contribution in [3.8, 4) is 5.75 Å². The van der Waals surface area contributed by atoms with Gasteiger partial charge in [-0.05, 0) is 42.8 Å². The lowest BCUT2D eigenvalue weighted by Crippen LogP contribution is -2.09. The lowest BCUT2D eigenvalue weighted by molar-refractivity contribution is 0.103. The minimum Gasteiger partial charge on any atom is -0.493 e. The predicted molar refractivity (Wildman–Crippen MR) is 115 cm³/mol. The highest BCUT2D eigenvalue weighted by Crippen LogP contribution is 2.32. The van der Waals surface area contributed by atoms with Crippen LogP contribution in [0.5, 0.6) is 5.75 Å². The molecule has 0 bridgehead atoms. The zero-order chi connectivity index (χ0) is 21.0. The fourth-order valence-electron chi connectivity index (χ4n) is 2.78. The van der Waals surface area contributed by atoms with Gasteiger partial charge in [-0.1, -0.05) is 41.7 Å². The SMILES string of the molecule is CCCOc1ccc(C(=O)c2c(Cl)cc(Cl)cc2Cl)cc1Cc1ccc(=O)[nH]n1. The van der Waals surface area contributed by atoms with Crippen LogP contribution in [0.25, 0.3) is 0 Å². The van der Waals surface area contributed by atoms with Gasteiger partial charge in [-0.3, -0.25) is 9.59 Å². The molecule has 1 N–H and O–H groups in total. The van der Waals surface area contributed by atoms with Crippen molar-refractivity contribution in [2.75, 3.05) is 6.61 Å². The van der Waals surface area contributed by atoms with Crippen LogP contribution in [0.15, 0.2) is 47.3 Å². The van der Waals surface area contributed by atoms with Crippen molar-refractivity contribution < 1.29 is 9.53 Å². The fraction of sp³-hybridized carbons (Fsp3) is 0.190. The Morgan fingerprint density at radius 1 is 1.07 bits per heavy atom. The molecule has 5 nitrogen and oxygen atoms in total. The zero-order valence-corrected chi connectivity index (χ0v) is 17.7. The zero-order valence-electron chi connectivity index (χ0n) is 15.5. The minimum atomic E-state index is -0.325. The van der Waals surface area contributed by atoms with E-state index in [4.69, 9.17) is 39.5 Å². The fourth-order valence-corrected chi connectivity index (χ4v) is 3.77. The van der Waals surface area contributed by atoms with Gasteiger partial charge in [-0.15, -0.1) is 0 Å². The molecule has 150 valence electrons. The Labute approximate surface area is 182 Å². The van der Waals surface area contributed by atoms with Crippen molar-refractivity contribution in [2.24, 2.45) is 0 Å². The van der Waals surface area contributed by atoms with Gasteiger partial charge in [0.1, 0.15) is 5.75 Å². The van der Waals surface area contributed by atoms with E-state index in [-0.39, 0.29) is 27.0 Å². The van der Waals surface area contributed by atoms with Crippen molar-refractivity contribution >= 4 is 40.6 Å². The number of ketones is 1. The molecule has 0 aliphatic heterocycles.